The van der Waals surface area contributed by atoms with Crippen LogP contribution in [0, 0.1) is 17.2 Å². The van der Waals surface area contributed by atoms with Crippen molar-refractivity contribution in [2.24, 2.45) is 5.92 Å². The van der Waals surface area contributed by atoms with Crippen LogP contribution in [0.1, 0.15) is 27.7 Å². The van der Waals surface area contributed by atoms with Crippen molar-refractivity contribution >= 4 is 0 Å². The van der Waals surface area contributed by atoms with E-state index in [9.17, 15) is 0 Å². The first kappa shape index (κ1) is 8.07. The highest BCUT2D eigenvalue weighted by molar-refractivity contribution is 5.49. The first-order valence-corrected chi connectivity index (χ1v) is 3.84. The fraction of sp³-hybridized carbons (Fsp3) is 0.500. The highest BCUT2D eigenvalue weighted by Crippen LogP contribution is 2.35. The molecule has 0 bridgehead atoms. The van der Waals surface area contributed by atoms with Crippen LogP contribution in [0.3, 0.4) is 0 Å². The van der Waals surface area contributed by atoms with Gasteiger partial charge >= 0.3 is 0 Å². The summed E-state index contributed by atoms with van der Waals surface area (Å²) in [6, 6.07) is 2.31. The van der Waals surface area contributed by atoms with Gasteiger partial charge in [0.2, 0.25) is 0 Å². The monoisotopic (exact) mass is 147 g/mol. The first-order chi connectivity index (χ1) is 5.09. The maximum Gasteiger partial charge on any atom is 0.0888 e. The van der Waals surface area contributed by atoms with Crippen LogP contribution in [-0.2, 0) is 0 Å². The summed E-state index contributed by atoms with van der Waals surface area (Å²) in [5.41, 5.74) is 5.05. The predicted octanol–water partition coefficient (Wildman–Crippen LogP) is 2.81. The third kappa shape index (κ3) is 0.991. The van der Waals surface area contributed by atoms with Gasteiger partial charge in [0, 0.05) is 0 Å². The van der Waals surface area contributed by atoms with Crippen LogP contribution in [0.5, 0.6) is 0 Å². The second-order valence-electron chi connectivity index (χ2n) is 3.18. The van der Waals surface area contributed by atoms with E-state index >= 15 is 0 Å². The number of allylic oxidation sites excluding steroid dienone is 4. The minimum atomic E-state index is 0.0509. The van der Waals surface area contributed by atoms with Gasteiger partial charge in [-0.15, -0.1) is 0 Å². The Morgan fingerprint density at radius 1 is 1.00 bits per heavy atom. The maximum atomic E-state index is 8.82. The minimum Gasteiger partial charge on any atom is -0.197 e. The molecule has 0 saturated carbocycles. The van der Waals surface area contributed by atoms with Crippen molar-refractivity contribution in [2.75, 3.05) is 0 Å². The number of nitrogens with zero attached hydrogens (tertiary/aromatic N) is 1. The van der Waals surface area contributed by atoms with Gasteiger partial charge in [-0.2, -0.15) is 5.26 Å². The minimum absolute atomic E-state index is 0.0509. The van der Waals surface area contributed by atoms with Gasteiger partial charge in [0.05, 0.1) is 12.0 Å². The van der Waals surface area contributed by atoms with Gasteiger partial charge < -0.3 is 0 Å². The smallest absolute Gasteiger partial charge is 0.0888 e. The summed E-state index contributed by atoms with van der Waals surface area (Å²) in [5, 5.41) is 8.82. The Bertz CT molecular complexity index is 262. The number of rotatable bonds is 0. The van der Waals surface area contributed by atoms with E-state index in [0.717, 1.165) is 0 Å². The lowest BCUT2D eigenvalue weighted by molar-refractivity contribution is 0.924. The molecule has 0 aromatic rings. The molecule has 0 aromatic carbocycles. The van der Waals surface area contributed by atoms with Crippen molar-refractivity contribution in [1.82, 2.24) is 0 Å². The van der Waals surface area contributed by atoms with Crippen molar-refractivity contribution in [1.29, 1.82) is 5.26 Å². The quantitative estimate of drug-likeness (QED) is 0.517. The molecule has 1 nitrogen and oxygen atoms in total. The highest BCUT2D eigenvalue weighted by atomic mass is 14.3. The largest absolute Gasteiger partial charge is 0.197 e. The molecule has 0 unspecified atom stereocenters. The summed E-state index contributed by atoms with van der Waals surface area (Å²) >= 11 is 0. The number of hydrogen-bond acceptors (Lipinski definition) is 1. The second kappa shape index (κ2) is 2.54. The molecule has 0 radical (unpaired) electrons. The SMILES string of the molecule is CC1=C(C)C(C#N)C(C)=C1C. The molecule has 11 heavy (non-hydrogen) atoms. The zero-order valence-corrected chi connectivity index (χ0v) is 7.52. The molecule has 0 aromatic heterocycles. The topological polar surface area (TPSA) is 23.8 Å². The molecule has 0 fully saturated rings. The van der Waals surface area contributed by atoms with Gasteiger partial charge in [-0.25, -0.2) is 0 Å². The summed E-state index contributed by atoms with van der Waals surface area (Å²) in [4.78, 5) is 0. The van der Waals surface area contributed by atoms with Crippen molar-refractivity contribution in [2.45, 2.75) is 27.7 Å². The fourth-order valence-electron chi connectivity index (χ4n) is 1.54. The van der Waals surface area contributed by atoms with Gasteiger partial charge in [-0.05, 0) is 50.0 Å². The van der Waals surface area contributed by atoms with Crippen LogP contribution >= 0.6 is 0 Å². The zero-order chi connectivity index (χ0) is 8.59. The molecule has 1 rings (SSSR count). The van der Waals surface area contributed by atoms with Crippen LogP contribution in [0.15, 0.2) is 22.3 Å². The Labute approximate surface area is 68.0 Å². The average Bonchev–Trinajstić information content (AvgIpc) is 2.17. The van der Waals surface area contributed by atoms with Crippen molar-refractivity contribution in [3.8, 4) is 6.07 Å². The molecule has 0 aliphatic heterocycles. The molecule has 0 amide bonds. The van der Waals surface area contributed by atoms with E-state index in [4.69, 9.17) is 5.26 Å². The van der Waals surface area contributed by atoms with Crippen molar-refractivity contribution < 1.29 is 0 Å². The molecule has 0 saturated heterocycles. The van der Waals surface area contributed by atoms with Crippen LogP contribution < -0.4 is 0 Å². The van der Waals surface area contributed by atoms with Crippen LogP contribution in [0.2, 0.25) is 0 Å². The van der Waals surface area contributed by atoms with Gasteiger partial charge in [0.15, 0.2) is 0 Å². The Hall–Kier alpha value is -1.03. The van der Waals surface area contributed by atoms with Crippen LogP contribution in [0.25, 0.3) is 0 Å². The normalized spacial score (nSPS) is 19.5. The molecule has 1 aliphatic carbocycles. The summed E-state index contributed by atoms with van der Waals surface area (Å²) in [7, 11) is 0. The summed E-state index contributed by atoms with van der Waals surface area (Å²) in [6.07, 6.45) is 0. The summed E-state index contributed by atoms with van der Waals surface area (Å²) in [6.45, 7) is 8.27. The van der Waals surface area contributed by atoms with Gasteiger partial charge in [-0.1, -0.05) is 0 Å². The summed E-state index contributed by atoms with van der Waals surface area (Å²) in [5.74, 6) is 0.0509. The molecular formula is C10H13N. The third-order valence-corrected chi connectivity index (χ3v) is 2.74. The lowest BCUT2D eigenvalue weighted by Gasteiger charge is -2.02. The average molecular weight is 147 g/mol. The predicted molar refractivity (Wildman–Crippen MR) is 45.9 cm³/mol. The molecule has 0 N–H and O–H groups in total. The van der Waals surface area contributed by atoms with Gasteiger partial charge in [-0.3, -0.25) is 0 Å². The van der Waals surface area contributed by atoms with E-state index in [1.165, 1.54) is 22.3 Å². The van der Waals surface area contributed by atoms with E-state index in [-0.39, 0.29) is 5.92 Å². The van der Waals surface area contributed by atoms with Crippen LogP contribution in [-0.4, -0.2) is 0 Å². The standard InChI is InChI=1S/C10H13N/c1-6-7(2)9(4)10(5-11)8(6)3/h10H,1-4H3. The molecular weight excluding hydrogens is 134 g/mol. The van der Waals surface area contributed by atoms with Gasteiger partial charge in [0.1, 0.15) is 0 Å². The van der Waals surface area contributed by atoms with Gasteiger partial charge in [0.25, 0.3) is 0 Å². The highest BCUT2D eigenvalue weighted by Gasteiger charge is 2.23. The number of nitriles is 1. The lowest BCUT2D eigenvalue weighted by Crippen LogP contribution is -1.95. The zero-order valence-electron chi connectivity index (χ0n) is 7.52. The summed E-state index contributed by atoms with van der Waals surface area (Å²) < 4.78 is 0. The second-order valence-corrected chi connectivity index (χ2v) is 3.18. The molecule has 0 spiro atoms. The lowest BCUT2D eigenvalue weighted by atomic mass is 9.99. The van der Waals surface area contributed by atoms with E-state index in [1.54, 1.807) is 0 Å². The Kier molecular flexibility index (Phi) is 1.87. The molecule has 58 valence electrons. The van der Waals surface area contributed by atoms with E-state index in [2.05, 4.69) is 19.9 Å². The third-order valence-electron chi connectivity index (χ3n) is 2.74. The van der Waals surface area contributed by atoms with E-state index in [1.807, 2.05) is 13.8 Å². The first-order valence-electron chi connectivity index (χ1n) is 3.84. The van der Waals surface area contributed by atoms with E-state index < -0.39 is 0 Å². The van der Waals surface area contributed by atoms with Crippen molar-refractivity contribution in [3.63, 3.8) is 0 Å². The Morgan fingerprint density at radius 3 is 1.55 bits per heavy atom. The van der Waals surface area contributed by atoms with Crippen molar-refractivity contribution in [3.05, 3.63) is 22.3 Å². The maximum absolute atomic E-state index is 8.82. The fourth-order valence-corrected chi connectivity index (χ4v) is 1.54. The Balaban J connectivity index is 3.17. The molecule has 1 aliphatic rings. The van der Waals surface area contributed by atoms with E-state index in [0.29, 0.717) is 0 Å². The molecule has 1 heteroatoms. The number of hydrogen-bond donors (Lipinski definition) is 0. The Morgan fingerprint density at radius 2 is 1.36 bits per heavy atom. The van der Waals surface area contributed by atoms with Crippen LogP contribution in [0.4, 0.5) is 0 Å². The molecule has 0 heterocycles. The molecule has 0 atom stereocenters.